The van der Waals surface area contributed by atoms with E-state index in [1.807, 2.05) is 12.1 Å². The zero-order valence-electron chi connectivity index (χ0n) is 10.4. The largest absolute Gasteiger partial charge is 0.490 e. The normalized spacial score (nSPS) is 18.2. The minimum Gasteiger partial charge on any atom is -0.490 e. The number of benzene rings is 1. The molecule has 1 fully saturated rings. The Hall–Kier alpha value is -1.02. The molecule has 16 heavy (non-hydrogen) atoms. The molecule has 0 bridgehead atoms. The Morgan fingerprint density at radius 3 is 2.19 bits per heavy atom. The summed E-state index contributed by atoms with van der Waals surface area (Å²) in [6.07, 6.45) is 2.86. The molecular weight excluding hydrogens is 198 g/mol. The lowest BCUT2D eigenvalue weighted by atomic mass is 9.83. The fourth-order valence-electron chi connectivity index (χ4n) is 1.63. The van der Waals surface area contributed by atoms with Gasteiger partial charge < -0.3 is 10.5 Å². The molecular formula is C14H21NO. The topological polar surface area (TPSA) is 35.2 Å². The monoisotopic (exact) mass is 219 g/mol. The fourth-order valence-corrected chi connectivity index (χ4v) is 1.63. The van der Waals surface area contributed by atoms with Gasteiger partial charge >= 0.3 is 0 Å². The van der Waals surface area contributed by atoms with Crippen LogP contribution >= 0.6 is 0 Å². The van der Waals surface area contributed by atoms with E-state index in [0.717, 1.165) is 5.75 Å². The summed E-state index contributed by atoms with van der Waals surface area (Å²) < 4.78 is 5.70. The van der Waals surface area contributed by atoms with E-state index in [9.17, 15) is 0 Å². The molecule has 0 saturated heterocycles. The second-order valence-electron chi connectivity index (χ2n) is 5.73. The van der Waals surface area contributed by atoms with Gasteiger partial charge in [-0.1, -0.05) is 32.9 Å². The van der Waals surface area contributed by atoms with Crippen molar-refractivity contribution in [2.24, 2.45) is 11.1 Å². The summed E-state index contributed by atoms with van der Waals surface area (Å²) in [5.74, 6) is 0.965. The van der Waals surface area contributed by atoms with E-state index in [1.165, 1.54) is 18.4 Å². The third-order valence-corrected chi connectivity index (χ3v) is 3.00. The van der Waals surface area contributed by atoms with Gasteiger partial charge in [0.1, 0.15) is 5.75 Å². The van der Waals surface area contributed by atoms with Crippen molar-refractivity contribution in [3.8, 4) is 5.75 Å². The molecule has 0 heterocycles. The number of nitrogens with two attached hydrogens (primary N) is 1. The first-order chi connectivity index (χ1) is 7.47. The molecule has 1 unspecified atom stereocenters. The molecule has 1 aromatic carbocycles. The lowest BCUT2D eigenvalue weighted by molar-refractivity contribution is 0.302. The van der Waals surface area contributed by atoms with Gasteiger partial charge in [-0.2, -0.15) is 0 Å². The predicted octanol–water partition coefficient (Wildman–Crippen LogP) is 3.27. The van der Waals surface area contributed by atoms with Crippen LogP contribution in [-0.4, -0.2) is 6.10 Å². The van der Waals surface area contributed by atoms with Crippen LogP contribution in [-0.2, 0) is 0 Å². The molecule has 0 radical (unpaired) electrons. The standard InChI is InChI=1S/C14H21NO/c1-14(2,3)13(15)10-4-6-11(7-5-10)16-12-8-9-12/h4-7,12-13H,8-9,15H2,1-3H3. The smallest absolute Gasteiger partial charge is 0.119 e. The van der Waals surface area contributed by atoms with Crippen molar-refractivity contribution in [3.05, 3.63) is 29.8 Å². The van der Waals surface area contributed by atoms with Gasteiger partial charge in [0, 0.05) is 6.04 Å². The average molecular weight is 219 g/mol. The summed E-state index contributed by atoms with van der Waals surface area (Å²) in [6, 6.07) is 8.28. The molecule has 1 aliphatic carbocycles. The van der Waals surface area contributed by atoms with Crippen LogP contribution in [0, 0.1) is 5.41 Å². The highest BCUT2D eigenvalue weighted by Crippen LogP contribution is 2.32. The second kappa shape index (κ2) is 4.10. The molecule has 88 valence electrons. The van der Waals surface area contributed by atoms with Crippen molar-refractivity contribution in [1.82, 2.24) is 0 Å². The van der Waals surface area contributed by atoms with Gasteiger partial charge in [-0.15, -0.1) is 0 Å². The Kier molecular flexibility index (Phi) is 2.94. The third-order valence-electron chi connectivity index (χ3n) is 3.00. The fraction of sp³-hybridized carbons (Fsp3) is 0.571. The van der Waals surface area contributed by atoms with Crippen LogP contribution < -0.4 is 10.5 Å². The van der Waals surface area contributed by atoms with Crippen LogP contribution in [0.1, 0.15) is 45.2 Å². The molecule has 2 heteroatoms. The maximum absolute atomic E-state index is 6.19. The van der Waals surface area contributed by atoms with Gasteiger partial charge in [0.25, 0.3) is 0 Å². The molecule has 0 aromatic heterocycles. The maximum Gasteiger partial charge on any atom is 0.119 e. The highest BCUT2D eigenvalue weighted by atomic mass is 16.5. The van der Waals surface area contributed by atoms with Crippen molar-refractivity contribution in [3.63, 3.8) is 0 Å². The number of rotatable bonds is 3. The first kappa shape index (κ1) is 11.5. The third kappa shape index (κ3) is 2.76. The van der Waals surface area contributed by atoms with Crippen molar-refractivity contribution in [1.29, 1.82) is 0 Å². The molecule has 0 amide bonds. The maximum atomic E-state index is 6.19. The van der Waals surface area contributed by atoms with E-state index < -0.39 is 0 Å². The Morgan fingerprint density at radius 2 is 1.75 bits per heavy atom. The zero-order valence-corrected chi connectivity index (χ0v) is 10.4. The number of ether oxygens (including phenoxy) is 1. The van der Waals surface area contributed by atoms with Crippen molar-refractivity contribution >= 4 is 0 Å². The summed E-state index contributed by atoms with van der Waals surface area (Å²) in [6.45, 7) is 6.48. The average Bonchev–Trinajstić information content (AvgIpc) is 3.00. The van der Waals surface area contributed by atoms with E-state index in [-0.39, 0.29) is 11.5 Å². The molecule has 1 saturated carbocycles. The second-order valence-corrected chi connectivity index (χ2v) is 5.73. The highest BCUT2D eigenvalue weighted by Gasteiger charge is 2.24. The van der Waals surface area contributed by atoms with E-state index >= 15 is 0 Å². The van der Waals surface area contributed by atoms with E-state index in [2.05, 4.69) is 32.9 Å². The quantitative estimate of drug-likeness (QED) is 0.846. The molecule has 0 aliphatic heterocycles. The molecule has 2 rings (SSSR count). The molecule has 1 atom stereocenters. The van der Waals surface area contributed by atoms with Crippen molar-refractivity contribution < 1.29 is 4.74 Å². The van der Waals surface area contributed by atoms with Crippen LogP contribution in [0.3, 0.4) is 0 Å². The SMILES string of the molecule is CC(C)(C)C(N)c1ccc(OC2CC2)cc1. The Morgan fingerprint density at radius 1 is 1.19 bits per heavy atom. The van der Waals surface area contributed by atoms with Crippen molar-refractivity contribution in [2.45, 2.75) is 45.8 Å². The molecule has 1 aliphatic rings. The van der Waals surface area contributed by atoms with Crippen molar-refractivity contribution in [2.75, 3.05) is 0 Å². The van der Waals surface area contributed by atoms with Gasteiger partial charge in [0.05, 0.1) is 6.10 Å². The summed E-state index contributed by atoms with van der Waals surface area (Å²) in [5, 5.41) is 0. The number of hydrogen-bond donors (Lipinski definition) is 1. The summed E-state index contributed by atoms with van der Waals surface area (Å²) in [7, 11) is 0. The van der Waals surface area contributed by atoms with Gasteiger partial charge in [-0.05, 0) is 36.0 Å². The van der Waals surface area contributed by atoms with Crippen LogP contribution in [0.15, 0.2) is 24.3 Å². The lowest BCUT2D eigenvalue weighted by Crippen LogP contribution is -2.26. The molecule has 2 nitrogen and oxygen atoms in total. The predicted molar refractivity (Wildman–Crippen MR) is 66.5 cm³/mol. The summed E-state index contributed by atoms with van der Waals surface area (Å²) in [4.78, 5) is 0. The lowest BCUT2D eigenvalue weighted by Gasteiger charge is -2.27. The van der Waals surface area contributed by atoms with Crippen LogP contribution in [0.4, 0.5) is 0 Å². The molecule has 0 spiro atoms. The van der Waals surface area contributed by atoms with Gasteiger partial charge in [-0.3, -0.25) is 0 Å². The van der Waals surface area contributed by atoms with E-state index in [1.54, 1.807) is 0 Å². The summed E-state index contributed by atoms with van der Waals surface area (Å²) >= 11 is 0. The Bertz CT molecular complexity index is 346. The van der Waals surface area contributed by atoms with Crippen LogP contribution in [0.5, 0.6) is 5.75 Å². The Balaban J connectivity index is 2.05. The van der Waals surface area contributed by atoms with Crippen LogP contribution in [0.25, 0.3) is 0 Å². The number of hydrogen-bond acceptors (Lipinski definition) is 2. The first-order valence-electron chi connectivity index (χ1n) is 5.99. The zero-order chi connectivity index (χ0) is 11.8. The molecule has 2 N–H and O–H groups in total. The van der Waals surface area contributed by atoms with Crippen LogP contribution in [0.2, 0.25) is 0 Å². The highest BCUT2D eigenvalue weighted by molar-refractivity contribution is 5.30. The van der Waals surface area contributed by atoms with Gasteiger partial charge in [-0.25, -0.2) is 0 Å². The molecule has 1 aromatic rings. The Labute approximate surface area is 97.8 Å². The first-order valence-corrected chi connectivity index (χ1v) is 5.99. The van der Waals surface area contributed by atoms with Gasteiger partial charge in [0.15, 0.2) is 0 Å². The minimum atomic E-state index is 0.0717. The summed E-state index contributed by atoms with van der Waals surface area (Å²) in [5.41, 5.74) is 7.47. The van der Waals surface area contributed by atoms with E-state index in [0.29, 0.717) is 6.10 Å². The van der Waals surface area contributed by atoms with E-state index in [4.69, 9.17) is 10.5 Å². The minimum absolute atomic E-state index is 0.0717. The van der Waals surface area contributed by atoms with Gasteiger partial charge in [0.2, 0.25) is 0 Å².